The van der Waals surface area contributed by atoms with Crippen LogP contribution in [0, 0.1) is 0 Å². The average molecular weight is 442 g/mol. The molecule has 0 atom stereocenters. The topological polar surface area (TPSA) is 84.6 Å². The van der Waals surface area contributed by atoms with Crippen LogP contribution in [0.1, 0.15) is 18.1 Å². The summed E-state index contributed by atoms with van der Waals surface area (Å²) in [6, 6.07) is 14.1. The predicted molar refractivity (Wildman–Crippen MR) is 115 cm³/mol. The number of nitrogens with zero attached hydrogens (tertiary/aromatic N) is 3. The monoisotopic (exact) mass is 441 g/mol. The van der Waals surface area contributed by atoms with Crippen LogP contribution in [0.4, 0.5) is 0 Å². The molecule has 0 spiro atoms. The molecule has 4 rings (SSSR count). The van der Waals surface area contributed by atoms with E-state index < -0.39 is 17.0 Å². The Kier molecular flexibility index (Phi) is 5.56. The van der Waals surface area contributed by atoms with Crippen LogP contribution in [-0.4, -0.2) is 27.2 Å². The lowest BCUT2D eigenvalue weighted by atomic mass is 10.1. The lowest BCUT2D eigenvalue weighted by molar-refractivity contribution is -0.124. The van der Waals surface area contributed by atoms with Crippen LogP contribution in [0.5, 0.6) is 5.88 Å². The van der Waals surface area contributed by atoms with Gasteiger partial charge in [-0.05, 0) is 35.4 Å². The van der Waals surface area contributed by atoms with Gasteiger partial charge in [-0.15, -0.1) is 5.10 Å². The van der Waals surface area contributed by atoms with E-state index in [1.165, 1.54) is 19.6 Å². The maximum absolute atomic E-state index is 13.2. The van der Waals surface area contributed by atoms with Gasteiger partial charge < -0.3 is 14.2 Å². The largest absolute Gasteiger partial charge is 0.476 e. The molecule has 0 aliphatic carbocycles. The Balaban J connectivity index is 1.75. The quantitative estimate of drug-likeness (QED) is 0.584. The number of methoxy groups -OCH3 is 1. The van der Waals surface area contributed by atoms with E-state index in [4.69, 9.17) is 25.8 Å². The van der Waals surface area contributed by atoms with E-state index in [-0.39, 0.29) is 12.4 Å². The summed E-state index contributed by atoms with van der Waals surface area (Å²) in [6.07, 6.45) is 3.44. The van der Waals surface area contributed by atoms with Crippen LogP contribution in [-0.2, 0) is 22.4 Å². The Labute approximate surface area is 182 Å². The molecule has 0 saturated carbocycles. The van der Waals surface area contributed by atoms with Gasteiger partial charge in [0.1, 0.15) is 12.5 Å². The second kappa shape index (κ2) is 8.31. The highest BCUT2D eigenvalue weighted by atomic mass is 35.5. The van der Waals surface area contributed by atoms with Crippen LogP contribution in [0.15, 0.2) is 70.6 Å². The van der Waals surface area contributed by atoms with Crippen molar-refractivity contribution in [1.29, 1.82) is 0 Å². The summed E-state index contributed by atoms with van der Waals surface area (Å²) in [5.41, 5.74) is 0.903. The van der Waals surface area contributed by atoms with Crippen LogP contribution in [0.3, 0.4) is 0 Å². The molecule has 9 heteroatoms. The molecule has 2 heterocycles. The molecule has 1 aliphatic rings. The van der Waals surface area contributed by atoms with Gasteiger partial charge >= 0.3 is 11.2 Å². The highest BCUT2D eigenvalue weighted by Gasteiger charge is 2.29. The summed E-state index contributed by atoms with van der Waals surface area (Å²) in [5, 5.41) is 4.69. The molecule has 1 aliphatic heterocycles. The Bertz CT molecular complexity index is 1240. The molecule has 3 aromatic rings. The lowest BCUT2D eigenvalue weighted by Crippen LogP contribution is -2.41. The summed E-state index contributed by atoms with van der Waals surface area (Å²) in [7, 11) is 1.34. The molecule has 1 aromatic heterocycles. The fourth-order valence-corrected chi connectivity index (χ4v) is 3.45. The molecule has 8 nitrogen and oxygen atoms in total. The number of benzene rings is 2. The minimum absolute atomic E-state index is 0.0544. The molecule has 0 amide bonds. The fraction of sp³-hybridized carbons (Fsp3) is 0.227. The molecule has 0 radical (unpaired) electrons. The third-order valence-electron chi connectivity index (χ3n) is 4.85. The zero-order valence-electron chi connectivity index (χ0n) is 16.9. The first-order chi connectivity index (χ1) is 14.9. The molecule has 0 N–H and O–H groups in total. The molecule has 2 aromatic carbocycles. The highest BCUT2D eigenvalue weighted by Crippen LogP contribution is 2.25. The molecule has 160 valence electrons. The van der Waals surface area contributed by atoms with Crippen molar-refractivity contribution in [3.05, 3.63) is 98.0 Å². The van der Waals surface area contributed by atoms with Crippen LogP contribution in [0.2, 0.25) is 5.02 Å². The van der Waals surface area contributed by atoms with Gasteiger partial charge in [0.25, 0.3) is 11.7 Å². The van der Waals surface area contributed by atoms with Crippen LogP contribution < -0.4 is 16.0 Å². The first-order valence-electron chi connectivity index (χ1n) is 9.51. The van der Waals surface area contributed by atoms with Gasteiger partial charge in [-0.1, -0.05) is 35.9 Å². The Morgan fingerprint density at radius 2 is 1.77 bits per heavy atom. The fourth-order valence-electron chi connectivity index (χ4n) is 3.32. The zero-order chi connectivity index (χ0) is 22.0. The van der Waals surface area contributed by atoms with Gasteiger partial charge in [0.05, 0.1) is 19.3 Å². The van der Waals surface area contributed by atoms with Crippen molar-refractivity contribution in [3.8, 4) is 11.6 Å². The van der Waals surface area contributed by atoms with E-state index in [1.807, 2.05) is 13.0 Å². The highest BCUT2D eigenvalue weighted by molar-refractivity contribution is 6.30. The minimum atomic E-state index is -0.817. The molecule has 0 fully saturated rings. The SMILES string of the molecule is COc1nn(-c2cccc(CC3(C)OC=CO3)c2)c(=O)n(Cc2ccc(Cl)cc2)c1=O. The first kappa shape index (κ1) is 20.7. The Morgan fingerprint density at radius 3 is 2.45 bits per heavy atom. The summed E-state index contributed by atoms with van der Waals surface area (Å²) >= 11 is 5.93. The van der Waals surface area contributed by atoms with Gasteiger partial charge in [0.2, 0.25) is 0 Å². The Hall–Kier alpha value is -3.52. The van der Waals surface area contributed by atoms with E-state index in [0.29, 0.717) is 17.1 Å². The van der Waals surface area contributed by atoms with Crippen molar-refractivity contribution < 1.29 is 14.2 Å². The molecular formula is C22H20ClN3O5. The van der Waals surface area contributed by atoms with Gasteiger partial charge in [0, 0.05) is 18.4 Å². The Morgan fingerprint density at radius 1 is 1.06 bits per heavy atom. The lowest BCUT2D eigenvalue weighted by Gasteiger charge is -2.23. The normalized spacial score (nSPS) is 14.2. The maximum atomic E-state index is 13.2. The number of ether oxygens (including phenoxy) is 3. The third-order valence-corrected chi connectivity index (χ3v) is 5.10. The smallest absolute Gasteiger partial charge is 0.352 e. The number of hydrogen-bond acceptors (Lipinski definition) is 6. The molecule has 0 unspecified atom stereocenters. The number of halogens is 1. The van der Waals surface area contributed by atoms with Gasteiger partial charge in [-0.3, -0.25) is 4.79 Å². The van der Waals surface area contributed by atoms with Crippen molar-refractivity contribution >= 4 is 11.6 Å². The standard InChI is InChI=1S/C22H20ClN3O5/c1-22(30-10-11-31-22)13-16-4-3-5-18(12-16)26-21(28)25(20(27)19(24-26)29-2)14-15-6-8-17(23)9-7-15/h3-12H,13-14H2,1-2H3. The number of aromatic nitrogens is 3. The van der Waals surface area contributed by atoms with Gasteiger partial charge in [-0.25, -0.2) is 9.36 Å². The summed E-state index contributed by atoms with van der Waals surface area (Å²) in [4.78, 5) is 25.9. The molecule has 0 saturated heterocycles. The number of hydrogen-bond donors (Lipinski definition) is 0. The number of rotatable bonds is 6. The summed E-state index contributed by atoms with van der Waals surface area (Å²) < 4.78 is 18.4. The second-order valence-corrected chi connectivity index (χ2v) is 7.65. The van der Waals surface area contributed by atoms with Crippen molar-refractivity contribution in [2.45, 2.75) is 25.7 Å². The van der Waals surface area contributed by atoms with Crippen LogP contribution in [0.25, 0.3) is 5.69 Å². The van der Waals surface area contributed by atoms with Crippen molar-refractivity contribution in [2.24, 2.45) is 0 Å². The van der Waals surface area contributed by atoms with Crippen LogP contribution >= 0.6 is 11.6 Å². The van der Waals surface area contributed by atoms with E-state index in [1.54, 1.807) is 42.5 Å². The molecule has 31 heavy (non-hydrogen) atoms. The van der Waals surface area contributed by atoms with E-state index in [2.05, 4.69) is 5.10 Å². The predicted octanol–water partition coefficient (Wildman–Crippen LogP) is 2.88. The summed E-state index contributed by atoms with van der Waals surface area (Å²) in [6.45, 7) is 1.87. The van der Waals surface area contributed by atoms with Crippen molar-refractivity contribution in [3.63, 3.8) is 0 Å². The minimum Gasteiger partial charge on any atom is -0.476 e. The second-order valence-electron chi connectivity index (χ2n) is 7.21. The average Bonchev–Trinajstić information content (AvgIpc) is 3.18. The van der Waals surface area contributed by atoms with E-state index in [9.17, 15) is 9.59 Å². The molecule has 0 bridgehead atoms. The van der Waals surface area contributed by atoms with Crippen molar-refractivity contribution in [2.75, 3.05) is 7.11 Å². The van der Waals surface area contributed by atoms with Gasteiger partial charge in [-0.2, -0.15) is 4.68 Å². The zero-order valence-corrected chi connectivity index (χ0v) is 17.7. The first-order valence-corrected chi connectivity index (χ1v) is 9.89. The van der Waals surface area contributed by atoms with Crippen molar-refractivity contribution in [1.82, 2.24) is 14.3 Å². The van der Waals surface area contributed by atoms with Gasteiger partial charge in [0.15, 0.2) is 0 Å². The van der Waals surface area contributed by atoms with E-state index >= 15 is 0 Å². The summed E-state index contributed by atoms with van der Waals surface area (Å²) in [5.74, 6) is -1.00. The maximum Gasteiger partial charge on any atom is 0.352 e. The third kappa shape index (κ3) is 4.34. The molecular weight excluding hydrogens is 422 g/mol. The van der Waals surface area contributed by atoms with E-state index in [0.717, 1.165) is 20.4 Å².